The van der Waals surface area contributed by atoms with Crippen molar-refractivity contribution in [1.29, 1.82) is 0 Å². The van der Waals surface area contributed by atoms with Gasteiger partial charge in [-0.3, -0.25) is 4.79 Å². The molecule has 4 bridgehead atoms. The van der Waals surface area contributed by atoms with Gasteiger partial charge in [-0.2, -0.15) is 0 Å². The van der Waals surface area contributed by atoms with Crippen LogP contribution in [0.4, 0.5) is 0 Å². The third-order valence-corrected chi connectivity index (χ3v) is 11.2. The number of hydrogen-bond acceptors (Lipinski definition) is 6. The summed E-state index contributed by atoms with van der Waals surface area (Å²) in [5, 5.41) is 20.3. The van der Waals surface area contributed by atoms with Gasteiger partial charge in [-0.05, 0) is 54.8 Å². The molecule has 10 heteroatoms. The van der Waals surface area contributed by atoms with Crippen molar-refractivity contribution in [1.82, 2.24) is 0 Å². The summed E-state index contributed by atoms with van der Waals surface area (Å²) in [5.74, 6) is 0.617. The van der Waals surface area contributed by atoms with Gasteiger partial charge in [-0.1, -0.05) is 27.7 Å². The second kappa shape index (κ2) is 6.97. The van der Waals surface area contributed by atoms with Crippen molar-refractivity contribution in [3.8, 4) is 0 Å². The van der Waals surface area contributed by atoms with Gasteiger partial charge in [0.2, 0.25) is 20.0 Å². The van der Waals surface area contributed by atoms with Gasteiger partial charge in [0.05, 0.1) is 17.6 Å². The fourth-order valence-corrected chi connectivity index (χ4v) is 9.98. The fraction of sp³-hybridized carbons (Fsp3) is 0.950. The Balaban J connectivity index is 0.000000171. The van der Waals surface area contributed by atoms with E-state index in [1.807, 2.05) is 13.8 Å². The van der Waals surface area contributed by atoms with E-state index in [-0.39, 0.29) is 28.1 Å². The zero-order valence-electron chi connectivity index (χ0n) is 18.3. The van der Waals surface area contributed by atoms with E-state index in [1.165, 1.54) is 0 Å². The maximum atomic E-state index is 11.9. The summed E-state index contributed by atoms with van der Waals surface area (Å²) in [5.41, 5.74) is -1.54. The number of hydrogen-bond donors (Lipinski definition) is 3. The van der Waals surface area contributed by atoms with Crippen molar-refractivity contribution in [2.24, 2.45) is 43.8 Å². The summed E-state index contributed by atoms with van der Waals surface area (Å²) >= 11 is 0. The molecule has 0 saturated heterocycles. The first kappa shape index (κ1) is 24.1. The Labute approximate surface area is 180 Å². The maximum absolute atomic E-state index is 11.9. The van der Waals surface area contributed by atoms with E-state index < -0.39 is 37.0 Å². The van der Waals surface area contributed by atoms with Crippen LogP contribution in [0.5, 0.6) is 0 Å². The number of aliphatic hydroxyl groups is 1. The standard InChI is InChI=1S/C10H19NO3S.C10H17NO3S/c2*1-9(2)7-3-4-10(9,8(12)5-7)6-15(11,13)14/h7-8,12H,3-6H2,1-2H3,(H2,11,13,14);7H,3-6H2,1-2H3,(H2,11,13,14)/t7-,8+,10-;7-,10-/m00/s1. The van der Waals surface area contributed by atoms with Crippen LogP contribution in [0.2, 0.25) is 0 Å². The third-order valence-electron chi connectivity index (χ3n) is 9.43. The highest BCUT2D eigenvalue weighted by Crippen LogP contribution is 2.66. The van der Waals surface area contributed by atoms with Crippen LogP contribution in [-0.2, 0) is 24.8 Å². The topological polar surface area (TPSA) is 158 Å². The van der Waals surface area contributed by atoms with Crippen molar-refractivity contribution in [2.75, 3.05) is 11.5 Å². The number of carbonyl (C=O) groups excluding carboxylic acids is 1. The lowest BCUT2D eigenvalue weighted by atomic mass is 9.70. The van der Waals surface area contributed by atoms with Crippen LogP contribution in [0.3, 0.4) is 0 Å². The zero-order valence-corrected chi connectivity index (χ0v) is 20.0. The van der Waals surface area contributed by atoms with Crippen molar-refractivity contribution < 1.29 is 26.7 Å². The lowest BCUT2D eigenvalue weighted by Crippen LogP contribution is -2.45. The zero-order chi connectivity index (χ0) is 23.0. The van der Waals surface area contributed by atoms with E-state index in [9.17, 15) is 26.7 Å². The SMILES string of the molecule is CC1(C)[C@H]2CC[C@]1(CS(N)(=O)=O)C(=O)C2.CC1(C)[C@H]2CC[C@]1(CS(N)(=O)=O)[C@H](O)C2. The van der Waals surface area contributed by atoms with Gasteiger partial charge in [0.15, 0.2) is 0 Å². The minimum absolute atomic E-state index is 0.0787. The minimum Gasteiger partial charge on any atom is -0.392 e. The largest absolute Gasteiger partial charge is 0.392 e. The summed E-state index contributed by atoms with van der Waals surface area (Å²) in [6.07, 6.45) is 4.17. The lowest BCUT2D eigenvalue weighted by Gasteiger charge is -2.39. The van der Waals surface area contributed by atoms with Gasteiger partial charge in [-0.15, -0.1) is 0 Å². The summed E-state index contributed by atoms with van der Waals surface area (Å²) in [6, 6.07) is 0. The van der Waals surface area contributed by atoms with Gasteiger partial charge in [0, 0.05) is 17.3 Å². The highest BCUT2D eigenvalue weighted by atomic mass is 32.2. The first-order chi connectivity index (χ1) is 13.4. The molecule has 4 rings (SSSR count). The molecule has 0 unspecified atom stereocenters. The van der Waals surface area contributed by atoms with Crippen LogP contribution >= 0.6 is 0 Å². The van der Waals surface area contributed by atoms with Crippen molar-refractivity contribution in [2.45, 2.75) is 72.3 Å². The number of rotatable bonds is 4. The number of ketones is 1. The molecular weight excluding hydrogens is 428 g/mol. The quantitative estimate of drug-likeness (QED) is 0.566. The number of aliphatic hydroxyl groups excluding tert-OH is 1. The number of Topliss-reactive ketones (excluding diaryl/α,β-unsaturated/α-hetero) is 1. The molecule has 4 aliphatic rings. The number of primary sulfonamides is 2. The number of carbonyl (C=O) groups is 1. The Kier molecular flexibility index (Phi) is 5.60. The second-order valence-electron chi connectivity index (χ2n) is 11.1. The Hall–Kier alpha value is -0.550. The summed E-state index contributed by atoms with van der Waals surface area (Å²) < 4.78 is 45.0. The fourth-order valence-electron chi connectivity index (χ4n) is 7.19. The molecule has 0 spiro atoms. The van der Waals surface area contributed by atoms with Gasteiger partial charge >= 0.3 is 0 Å². The normalized spacial score (nSPS) is 41.0. The van der Waals surface area contributed by atoms with E-state index in [0.717, 1.165) is 25.7 Å². The van der Waals surface area contributed by atoms with Gasteiger partial charge < -0.3 is 5.11 Å². The van der Waals surface area contributed by atoms with E-state index in [1.54, 1.807) is 0 Å². The van der Waals surface area contributed by atoms with E-state index >= 15 is 0 Å². The molecule has 174 valence electrons. The molecule has 0 amide bonds. The number of sulfonamides is 2. The average Bonchev–Trinajstić information content (AvgIpc) is 3.05. The van der Waals surface area contributed by atoms with Crippen molar-refractivity contribution in [3.05, 3.63) is 0 Å². The number of nitrogens with two attached hydrogens (primary N) is 2. The molecule has 4 aliphatic carbocycles. The van der Waals surface area contributed by atoms with Crippen LogP contribution in [0.25, 0.3) is 0 Å². The first-order valence-electron chi connectivity index (χ1n) is 10.6. The highest BCUT2D eigenvalue weighted by molar-refractivity contribution is 7.89. The number of fused-ring (bicyclic) bond motifs is 4. The van der Waals surface area contributed by atoms with Crippen LogP contribution < -0.4 is 10.3 Å². The molecule has 5 N–H and O–H groups in total. The summed E-state index contributed by atoms with van der Waals surface area (Å²) in [6.45, 7) is 8.12. The van der Waals surface area contributed by atoms with Crippen LogP contribution in [0, 0.1) is 33.5 Å². The maximum Gasteiger partial charge on any atom is 0.210 e. The van der Waals surface area contributed by atoms with Gasteiger partial charge in [0.25, 0.3) is 0 Å². The van der Waals surface area contributed by atoms with E-state index in [4.69, 9.17) is 10.3 Å². The Morgan fingerprint density at radius 1 is 0.900 bits per heavy atom. The Morgan fingerprint density at radius 2 is 1.43 bits per heavy atom. The summed E-state index contributed by atoms with van der Waals surface area (Å²) in [4.78, 5) is 11.9. The van der Waals surface area contributed by atoms with Crippen molar-refractivity contribution >= 4 is 25.8 Å². The van der Waals surface area contributed by atoms with E-state index in [0.29, 0.717) is 24.7 Å². The highest BCUT2D eigenvalue weighted by Gasteiger charge is 2.65. The van der Waals surface area contributed by atoms with E-state index in [2.05, 4.69) is 13.8 Å². The molecule has 8 nitrogen and oxygen atoms in total. The molecule has 4 fully saturated rings. The predicted molar refractivity (Wildman–Crippen MR) is 114 cm³/mol. The molecule has 0 aromatic carbocycles. The smallest absolute Gasteiger partial charge is 0.210 e. The van der Waals surface area contributed by atoms with Crippen LogP contribution in [-0.4, -0.2) is 45.3 Å². The molecule has 0 heterocycles. The molecule has 0 aliphatic heterocycles. The average molecular weight is 465 g/mol. The van der Waals surface area contributed by atoms with Gasteiger partial charge in [0.1, 0.15) is 5.78 Å². The first-order valence-corrected chi connectivity index (χ1v) is 14.0. The van der Waals surface area contributed by atoms with Crippen LogP contribution in [0.1, 0.15) is 66.2 Å². The minimum atomic E-state index is -3.58. The molecular formula is C20H36N2O6S2. The van der Waals surface area contributed by atoms with Gasteiger partial charge in [-0.25, -0.2) is 27.1 Å². The molecule has 0 radical (unpaired) electrons. The van der Waals surface area contributed by atoms with Crippen molar-refractivity contribution in [3.63, 3.8) is 0 Å². The summed E-state index contributed by atoms with van der Waals surface area (Å²) in [7, 11) is -7.09. The molecule has 4 saturated carbocycles. The Bertz CT molecular complexity index is 942. The van der Waals surface area contributed by atoms with Crippen LogP contribution in [0.15, 0.2) is 0 Å². The Morgan fingerprint density at radius 3 is 1.77 bits per heavy atom. The predicted octanol–water partition coefficient (Wildman–Crippen LogP) is 1.13. The second-order valence-corrected chi connectivity index (χ2v) is 14.4. The molecule has 30 heavy (non-hydrogen) atoms. The molecule has 0 aromatic heterocycles. The monoisotopic (exact) mass is 464 g/mol. The molecule has 5 atom stereocenters. The lowest BCUT2D eigenvalue weighted by molar-refractivity contribution is -0.128. The third kappa shape index (κ3) is 3.56. The molecule has 0 aromatic rings.